The van der Waals surface area contributed by atoms with E-state index in [0.717, 1.165) is 57.8 Å². The van der Waals surface area contributed by atoms with Crippen LogP contribution < -0.4 is 33.2 Å². The van der Waals surface area contributed by atoms with Crippen LogP contribution in [0.25, 0.3) is 0 Å². The molecule has 0 radical (unpaired) electrons. The Hall–Kier alpha value is -1.75. The number of hydrogen-bond donors (Lipinski definition) is 7. The Kier molecular flexibility index (Phi) is 11.6. The number of fused-ring (bicyclic) bond motifs is 5. The Balaban J connectivity index is 1.71. The molecule has 0 aromatic heterocycles. The van der Waals surface area contributed by atoms with E-state index in [-0.39, 0.29) is 53.3 Å². The molecule has 0 aromatic rings. The number of carbonyl (C=O) groups excluding carboxylic acids is 3. The van der Waals surface area contributed by atoms with Crippen molar-refractivity contribution in [3.05, 3.63) is 0 Å². The predicted molar refractivity (Wildman–Crippen MR) is 168 cm³/mol. The number of nitrogens with two attached hydrogens (primary N) is 3. The first-order valence-electron chi connectivity index (χ1n) is 17.1. The van der Waals surface area contributed by atoms with Crippen LogP contribution in [0.15, 0.2) is 0 Å². The Bertz CT molecular complexity index is 981. The lowest BCUT2D eigenvalue weighted by atomic mass is 9.42. The molecule has 10 heteroatoms. The standard InChI is InChI=1S/C33H60N6O4/c1-20(5-4-16-40)23-6-7-24-31-25(19-27(33(23,24)3)39-30(43)11-15-36)32(2)12-8-22(37-28(41)9-13-34)17-21(32)18-26(31)38-29(42)10-14-35/h20-27,31,40H,4-19,34-36H2,1-3H3,(H,37,41)(H,38,42)(H,39,43)/t20-,21?,22-,23?,24+,25+,26-,27+,31?,32?,33-/m1/s1. The first-order chi connectivity index (χ1) is 20.5. The third kappa shape index (κ3) is 6.92. The van der Waals surface area contributed by atoms with Crippen LogP contribution in [-0.2, 0) is 14.4 Å². The molecule has 0 spiro atoms. The molecule has 4 aliphatic rings. The zero-order valence-electron chi connectivity index (χ0n) is 26.9. The second-order valence-corrected chi connectivity index (χ2v) is 14.8. The van der Waals surface area contributed by atoms with E-state index in [9.17, 15) is 19.5 Å². The molecule has 4 fully saturated rings. The number of hydrogen-bond acceptors (Lipinski definition) is 7. The summed E-state index contributed by atoms with van der Waals surface area (Å²) < 4.78 is 0. The van der Waals surface area contributed by atoms with E-state index in [1.165, 1.54) is 0 Å². The molecule has 4 rings (SSSR count). The highest BCUT2D eigenvalue weighted by Crippen LogP contribution is 2.68. The lowest BCUT2D eigenvalue weighted by Crippen LogP contribution is -2.67. The monoisotopic (exact) mass is 604 g/mol. The number of aliphatic hydroxyl groups is 1. The van der Waals surface area contributed by atoms with Gasteiger partial charge < -0.3 is 38.3 Å². The third-order valence-electron chi connectivity index (χ3n) is 12.6. The molecule has 10 N–H and O–H groups in total. The molecule has 4 saturated carbocycles. The van der Waals surface area contributed by atoms with Crippen molar-refractivity contribution in [3.8, 4) is 0 Å². The second-order valence-electron chi connectivity index (χ2n) is 14.8. The molecule has 43 heavy (non-hydrogen) atoms. The van der Waals surface area contributed by atoms with Crippen molar-refractivity contribution in [3.63, 3.8) is 0 Å². The summed E-state index contributed by atoms with van der Waals surface area (Å²) in [5.41, 5.74) is 17.2. The highest BCUT2D eigenvalue weighted by atomic mass is 16.3. The number of aliphatic hydroxyl groups excluding tert-OH is 1. The minimum absolute atomic E-state index is 0.0148. The summed E-state index contributed by atoms with van der Waals surface area (Å²) in [5.74, 6) is 2.27. The fraction of sp³-hybridized carbons (Fsp3) is 0.909. The van der Waals surface area contributed by atoms with Gasteiger partial charge in [0.1, 0.15) is 0 Å². The van der Waals surface area contributed by atoms with Crippen LogP contribution >= 0.6 is 0 Å². The quantitative estimate of drug-likeness (QED) is 0.167. The van der Waals surface area contributed by atoms with E-state index < -0.39 is 0 Å². The largest absolute Gasteiger partial charge is 0.396 e. The molecule has 4 unspecified atom stereocenters. The van der Waals surface area contributed by atoms with Gasteiger partial charge in [-0.15, -0.1) is 0 Å². The van der Waals surface area contributed by atoms with Crippen LogP contribution in [0.2, 0.25) is 0 Å². The topological polar surface area (TPSA) is 186 Å². The summed E-state index contributed by atoms with van der Waals surface area (Å²) in [6.07, 6.45) is 9.53. The molecule has 3 amide bonds. The maximum absolute atomic E-state index is 13.2. The summed E-state index contributed by atoms with van der Waals surface area (Å²) in [6.45, 7) is 8.36. The van der Waals surface area contributed by atoms with Crippen molar-refractivity contribution in [2.75, 3.05) is 26.2 Å². The molecule has 0 aromatic carbocycles. The first-order valence-corrected chi connectivity index (χ1v) is 17.1. The Morgan fingerprint density at radius 3 is 2.09 bits per heavy atom. The molecular formula is C33H60N6O4. The van der Waals surface area contributed by atoms with Crippen LogP contribution in [0.3, 0.4) is 0 Å². The van der Waals surface area contributed by atoms with Gasteiger partial charge in [0.25, 0.3) is 0 Å². The molecule has 0 aliphatic heterocycles. The molecule has 4 aliphatic carbocycles. The Morgan fingerprint density at radius 1 is 0.837 bits per heavy atom. The average Bonchev–Trinajstić information content (AvgIpc) is 3.31. The van der Waals surface area contributed by atoms with Crippen molar-refractivity contribution in [1.29, 1.82) is 0 Å². The second kappa shape index (κ2) is 14.6. The number of nitrogens with one attached hydrogen (secondary N) is 3. The maximum atomic E-state index is 13.2. The summed E-state index contributed by atoms with van der Waals surface area (Å²) in [6, 6.07) is 0.183. The van der Waals surface area contributed by atoms with Crippen molar-refractivity contribution >= 4 is 17.7 Å². The minimum Gasteiger partial charge on any atom is -0.396 e. The van der Waals surface area contributed by atoms with Crippen LogP contribution in [0, 0.1) is 46.3 Å². The van der Waals surface area contributed by atoms with Crippen molar-refractivity contribution in [2.45, 2.75) is 116 Å². The lowest BCUT2D eigenvalue weighted by Gasteiger charge is -2.65. The van der Waals surface area contributed by atoms with Crippen molar-refractivity contribution < 1.29 is 19.5 Å². The fourth-order valence-electron chi connectivity index (χ4n) is 10.6. The summed E-state index contributed by atoms with van der Waals surface area (Å²) >= 11 is 0. The SMILES string of the molecule is C[C@H](CCCO)C1CC[C@H]2C3[C@H](NC(=O)CCN)CC4C[C@H](NC(=O)CCN)CCC4(C)[C@H]3C[C@H](NC(=O)CCN)[C@]12C. The van der Waals surface area contributed by atoms with E-state index in [4.69, 9.17) is 17.2 Å². The highest BCUT2D eigenvalue weighted by molar-refractivity contribution is 5.77. The predicted octanol–water partition coefficient (Wildman–Crippen LogP) is 1.77. The molecule has 0 bridgehead atoms. The van der Waals surface area contributed by atoms with Crippen molar-refractivity contribution in [2.24, 2.45) is 63.5 Å². The number of rotatable bonds is 13. The van der Waals surface area contributed by atoms with E-state index in [1.807, 2.05) is 0 Å². The fourth-order valence-corrected chi connectivity index (χ4v) is 10.6. The normalized spacial score (nSPS) is 39.1. The average molecular weight is 605 g/mol. The van der Waals surface area contributed by atoms with Gasteiger partial charge in [-0.2, -0.15) is 0 Å². The van der Waals surface area contributed by atoms with Crippen LogP contribution in [0.1, 0.15) is 97.8 Å². The van der Waals surface area contributed by atoms with Crippen LogP contribution in [-0.4, -0.2) is 67.2 Å². The molecular weight excluding hydrogens is 544 g/mol. The first kappa shape index (κ1) is 34.1. The molecule has 246 valence electrons. The van der Waals surface area contributed by atoms with E-state index >= 15 is 0 Å². The van der Waals surface area contributed by atoms with E-state index in [2.05, 4.69) is 36.7 Å². The van der Waals surface area contributed by atoms with Gasteiger partial charge in [-0.3, -0.25) is 14.4 Å². The summed E-state index contributed by atoms with van der Waals surface area (Å²) in [7, 11) is 0. The van der Waals surface area contributed by atoms with Gasteiger partial charge in [-0.25, -0.2) is 0 Å². The minimum atomic E-state index is -0.117. The third-order valence-corrected chi connectivity index (χ3v) is 12.6. The Morgan fingerprint density at radius 2 is 1.47 bits per heavy atom. The number of carbonyl (C=O) groups is 3. The zero-order valence-corrected chi connectivity index (χ0v) is 26.9. The smallest absolute Gasteiger partial charge is 0.221 e. The van der Waals surface area contributed by atoms with Gasteiger partial charge in [0.15, 0.2) is 0 Å². The van der Waals surface area contributed by atoms with Gasteiger partial charge >= 0.3 is 0 Å². The molecule has 11 atom stereocenters. The van der Waals surface area contributed by atoms with Gasteiger partial charge in [-0.05, 0) is 104 Å². The van der Waals surface area contributed by atoms with Gasteiger partial charge in [0, 0.05) is 63.6 Å². The van der Waals surface area contributed by atoms with Gasteiger partial charge in [0.2, 0.25) is 17.7 Å². The Labute approximate surface area is 258 Å². The summed E-state index contributed by atoms with van der Waals surface area (Å²) in [5, 5.41) is 19.8. The van der Waals surface area contributed by atoms with E-state index in [0.29, 0.717) is 74.4 Å². The van der Waals surface area contributed by atoms with Crippen LogP contribution in [0.5, 0.6) is 0 Å². The highest BCUT2D eigenvalue weighted by Gasteiger charge is 2.66. The van der Waals surface area contributed by atoms with Gasteiger partial charge in [0.05, 0.1) is 0 Å². The molecule has 0 saturated heterocycles. The van der Waals surface area contributed by atoms with Crippen LogP contribution in [0.4, 0.5) is 0 Å². The molecule has 0 heterocycles. The maximum Gasteiger partial charge on any atom is 0.221 e. The molecule has 10 nitrogen and oxygen atoms in total. The lowest BCUT2D eigenvalue weighted by molar-refractivity contribution is -0.153. The number of amides is 3. The van der Waals surface area contributed by atoms with Crippen molar-refractivity contribution in [1.82, 2.24) is 16.0 Å². The van der Waals surface area contributed by atoms with E-state index in [1.54, 1.807) is 0 Å². The summed E-state index contributed by atoms with van der Waals surface area (Å²) in [4.78, 5) is 38.7. The zero-order chi connectivity index (χ0) is 31.4. The van der Waals surface area contributed by atoms with Gasteiger partial charge in [-0.1, -0.05) is 20.8 Å².